The van der Waals surface area contributed by atoms with E-state index in [1.54, 1.807) is 0 Å². The first kappa shape index (κ1) is 12.5. The van der Waals surface area contributed by atoms with Crippen LogP contribution in [0.15, 0.2) is 24.7 Å². The van der Waals surface area contributed by atoms with Crippen LogP contribution in [-0.2, 0) is 6.54 Å². The van der Waals surface area contributed by atoms with E-state index in [1.165, 1.54) is 24.7 Å². The van der Waals surface area contributed by atoms with E-state index in [2.05, 4.69) is 30.8 Å². The standard InChI is InChI=1S/C10H10N6O3/c17-9(18)8-6(2-1-3-11-8)15-10(19)12-4-7-13-5-14-16-7/h1-3,5H,4H2,(H,17,18)(H2,12,15,19)(H,13,14,16). The van der Waals surface area contributed by atoms with Crippen molar-refractivity contribution in [3.63, 3.8) is 0 Å². The lowest BCUT2D eigenvalue weighted by molar-refractivity contribution is 0.0692. The molecule has 0 atom stereocenters. The molecule has 2 heterocycles. The zero-order valence-corrected chi connectivity index (χ0v) is 9.62. The normalized spacial score (nSPS) is 9.89. The average Bonchev–Trinajstić information content (AvgIpc) is 2.90. The van der Waals surface area contributed by atoms with Crippen molar-refractivity contribution in [2.75, 3.05) is 5.32 Å². The second-order valence-corrected chi connectivity index (χ2v) is 3.44. The Bertz CT molecular complexity index is 583. The Kier molecular flexibility index (Phi) is 3.67. The third-order valence-corrected chi connectivity index (χ3v) is 2.14. The minimum Gasteiger partial charge on any atom is -0.476 e. The molecule has 2 aromatic rings. The Balaban J connectivity index is 1.97. The van der Waals surface area contributed by atoms with Gasteiger partial charge in [0.1, 0.15) is 12.2 Å². The summed E-state index contributed by atoms with van der Waals surface area (Å²) in [6.07, 6.45) is 2.65. The van der Waals surface area contributed by atoms with Crippen molar-refractivity contribution >= 4 is 17.7 Å². The summed E-state index contributed by atoms with van der Waals surface area (Å²) in [7, 11) is 0. The molecule has 0 saturated carbocycles. The maximum Gasteiger partial charge on any atom is 0.356 e. The van der Waals surface area contributed by atoms with E-state index in [-0.39, 0.29) is 17.9 Å². The van der Waals surface area contributed by atoms with Crippen LogP contribution in [0.3, 0.4) is 0 Å². The number of hydrogen-bond acceptors (Lipinski definition) is 5. The first-order chi connectivity index (χ1) is 9.16. The smallest absolute Gasteiger partial charge is 0.356 e. The highest BCUT2D eigenvalue weighted by Gasteiger charge is 2.13. The fourth-order valence-corrected chi connectivity index (χ4v) is 1.32. The van der Waals surface area contributed by atoms with E-state index in [9.17, 15) is 9.59 Å². The minimum atomic E-state index is -1.22. The molecule has 0 bridgehead atoms. The molecule has 0 spiro atoms. The third kappa shape index (κ3) is 3.25. The number of urea groups is 1. The summed E-state index contributed by atoms with van der Waals surface area (Å²) in [5, 5.41) is 20.0. The second-order valence-electron chi connectivity index (χ2n) is 3.44. The molecule has 2 aromatic heterocycles. The van der Waals surface area contributed by atoms with Crippen molar-refractivity contribution in [1.82, 2.24) is 25.5 Å². The predicted octanol–water partition coefficient (Wildman–Crippen LogP) is 0.220. The SMILES string of the molecule is O=C(NCc1ncn[nH]1)Nc1cccnc1C(=O)O. The number of aromatic nitrogens is 4. The quantitative estimate of drug-likeness (QED) is 0.623. The van der Waals surface area contributed by atoms with Gasteiger partial charge in [-0.05, 0) is 12.1 Å². The van der Waals surface area contributed by atoms with Crippen LogP contribution >= 0.6 is 0 Å². The van der Waals surface area contributed by atoms with Crippen LogP contribution in [0.25, 0.3) is 0 Å². The third-order valence-electron chi connectivity index (χ3n) is 2.14. The number of aromatic carboxylic acids is 1. The average molecular weight is 262 g/mol. The van der Waals surface area contributed by atoms with Crippen LogP contribution in [-0.4, -0.2) is 37.3 Å². The Morgan fingerprint density at radius 2 is 2.21 bits per heavy atom. The molecule has 0 fully saturated rings. The summed E-state index contributed by atoms with van der Waals surface area (Å²) < 4.78 is 0. The molecule has 0 radical (unpaired) electrons. The van der Waals surface area contributed by atoms with Gasteiger partial charge in [0.25, 0.3) is 0 Å². The molecule has 4 N–H and O–H groups in total. The van der Waals surface area contributed by atoms with Crippen LogP contribution in [0.4, 0.5) is 10.5 Å². The Morgan fingerprint density at radius 3 is 2.89 bits per heavy atom. The maximum atomic E-state index is 11.6. The van der Waals surface area contributed by atoms with Gasteiger partial charge < -0.3 is 15.7 Å². The van der Waals surface area contributed by atoms with Gasteiger partial charge in [-0.25, -0.2) is 19.6 Å². The summed E-state index contributed by atoms with van der Waals surface area (Å²) in [5.74, 6) is -0.731. The van der Waals surface area contributed by atoms with Gasteiger partial charge in [0, 0.05) is 6.20 Å². The van der Waals surface area contributed by atoms with Crippen molar-refractivity contribution in [2.24, 2.45) is 0 Å². The molecule has 0 aromatic carbocycles. The Morgan fingerprint density at radius 1 is 1.37 bits per heavy atom. The topological polar surface area (TPSA) is 133 Å². The number of rotatable bonds is 4. The lowest BCUT2D eigenvalue weighted by Crippen LogP contribution is -2.29. The van der Waals surface area contributed by atoms with Gasteiger partial charge in [-0.3, -0.25) is 5.10 Å². The van der Waals surface area contributed by atoms with Crippen molar-refractivity contribution in [3.8, 4) is 0 Å². The summed E-state index contributed by atoms with van der Waals surface area (Å²) in [6, 6.07) is 2.41. The van der Waals surface area contributed by atoms with E-state index in [0.29, 0.717) is 5.82 Å². The van der Waals surface area contributed by atoms with Crippen molar-refractivity contribution in [2.45, 2.75) is 6.54 Å². The van der Waals surface area contributed by atoms with Gasteiger partial charge in [0.15, 0.2) is 5.69 Å². The van der Waals surface area contributed by atoms with Crippen LogP contribution < -0.4 is 10.6 Å². The molecule has 0 saturated heterocycles. The van der Waals surface area contributed by atoms with Crippen molar-refractivity contribution in [1.29, 1.82) is 0 Å². The van der Waals surface area contributed by atoms with Gasteiger partial charge in [-0.2, -0.15) is 5.10 Å². The van der Waals surface area contributed by atoms with E-state index >= 15 is 0 Å². The fraction of sp³-hybridized carbons (Fsp3) is 0.100. The van der Waals surface area contributed by atoms with E-state index in [4.69, 9.17) is 5.11 Å². The number of nitrogens with zero attached hydrogens (tertiary/aromatic N) is 3. The molecular weight excluding hydrogens is 252 g/mol. The van der Waals surface area contributed by atoms with Crippen LogP contribution in [0, 0.1) is 0 Å². The van der Waals surface area contributed by atoms with E-state index in [1.807, 2.05) is 0 Å². The van der Waals surface area contributed by atoms with Gasteiger partial charge in [0.05, 0.1) is 12.2 Å². The number of H-pyrrole nitrogens is 1. The minimum absolute atomic E-state index is 0.116. The highest BCUT2D eigenvalue weighted by atomic mass is 16.4. The Labute approximate surface area is 107 Å². The summed E-state index contributed by atoms with van der Waals surface area (Å²) in [5.41, 5.74) is -0.109. The number of pyridine rings is 1. The number of carboxylic acid groups (broad SMARTS) is 1. The summed E-state index contributed by atoms with van der Waals surface area (Å²) in [6.45, 7) is 0.147. The number of carbonyl (C=O) groups is 2. The fourth-order valence-electron chi connectivity index (χ4n) is 1.32. The van der Waals surface area contributed by atoms with Crippen LogP contribution in [0.1, 0.15) is 16.3 Å². The lowest BCUT2D eigenvalue weighted by Gasteiger charge is -2.07. The first-order valence-electron chi connectivity index (χ1n) is 5.24. The zero-order chi connectivity index (χ0) is 13.7. The Hall–Kier alpha value is -2.97. The monoisotopic (exact) mass is 262 g/mol. The highest BCUT2D eigenvalue weighted by molar-refractivity contribution is 5.98. The number of aromatic amines is 1. The molecule has 19 heavy (non-hydrogen) atoms. The highest BCUT2D eigenvalue weighted by Crippen LogP contribution is 2.11. The van der Waals surface area contributed by atoms with Gasteiger partial charge >= 0.3 is 12.0 Å². The molecule has 0 aliphatic rings. The van der Waals surface area contributed by atoms with Gasteiger partial charge in [-0.15, -0.1) is 0 Å². The molecule has 9 nitrogen and oxygen atoms in total. The number of anilines is 1. The van der Waals surface area contributed by atoms with Crippen molar-refractivity contribution in [3.05, 3.63) is 36.2 Å². The molecule has 2 amide bonds. The summed E-state index contributed by atoms with van der Waals surface area (Å²) >= 11 is 0. The van der Waals surface area contributed by atoms with Crippen LogP contribution in [0.2, 0.25) is 0 Å². The molecule has 0 aliphatic carbocycles. The second kappa shape index (κ2) is 5.58. The summed E-state index contributed by atoms with van der Waals surface area (Å²) in [4.78, 5) is 30.0. The molecule has 2 rings (SSSR count). The van der Waals surface area contributed by atoms with E-state index < -0.39 is 12.0 Å². The zero-order valence-electron chi connectivity index (χ0n) is 9.62. The molecule has 0 unspecified atom stereocenters. The molecule has 98 valence electrons. The van der Waals surface area contributed by atoms with Crippen LogP contribution in [0.5, 0.6) is 0 Å². The van der Waals surface area contributed by atoms with E-state index in [0.717, 1.165) is 0 Å². The number of hydrogen-bond donors (Lipinski definition) is 4. The predicted molar refractivity (Wildman–Crippen MR) is 63.4 cm³/mol. The molecule has 0 aliphatic heterocycles. The largest absolute Gasteiger partial charge is 0.476 e. The molecular formula is C10H10N6O3. The number of nitrogens with one attached hydrogen (secondary N) is 3. The van der Waals surface area contributed by atoms with Gasteiger partial charge in [-0.1, -0.05) is 0 Å². The lowest BCUT2D eigenvalue weighted by atomic mass is 10.3. The maximum absolute atomic E-state index is 11.6. The van der Waals surface area contributed by atoms with Gasteiger partial charge in [0.2, 0.25) is 0 Å². The number of carbonyl (C=O) groups excluding carboxylic acids is 1. The number of carboxylic acids is 1. The molecule has 9 heteroatoms. The number of amides is 2. The van der Waals surface area contributed by atoms with Crippen molar-refractivity contribution < 1.29 is 14.7 Å². The first-order valence-corrected chi connectivity index (χ1v) is 5.24.